The highest BCUT2D eigenvalue weighted by Crippen LogP contribution is 2.23. The maximum absolute atomic E-state index is 13.5. The number of halogens is 2. The first kappa shape index (κ1) is 13.0. The summed E-state index contributed by atoms with van der Waals surface area (Å²) in [5, 5.41) is 8.80. The zero-order chi connectivity index (χ0) is 13.1. The topological polar surface area (TPSA) is 40.5 Å². The molecule has 5 heteroatoms. The van der Waals surface area contributed by atoms with Gasteiger partial charge >= 0.3 is 5.97 Å². The van der Waals surface area contributed by atoms with Gasteiger partial charge in [0.15, 0.2) is 11.6 Å². The Balaban J connectivity index is 2.08. The molecule has 98 valence electrons. The number of carbonyl (C=O) groups is 1. The summed E-state index contributed by atoms with van der Waals surface area (Å²) >= 11 is 0. The van der Waals surface area contributed by atoms with Crippen molar-refractivity contribution < 1.29 is 18.7 Å². The third-order valence-corrected chi connectivity index (χ3v) is 3.31. The number of carboxylic acids is 1. The minimum Gasteiger partial charge on any atom is -0.481 e. The van der Waals surface area contributed by atoms with Gasteiger partial charge in [0.2, 0.25) is 0 Å². The molecule has 1 aliphatic heterocycles. The summed E-state index contributed by atoms with van der Waals surface area (Å²) in [5.74, 6) is -2.55. The third kappa shape index (κ3) is 2.85. The largest absolute Gasteiger partial charge is 0.481 e. The molecule has 1 atom stereocenters. The average molecular weight is 255 g/mol. The molecule has 2 rings (SSSR count). The molecule has 0 aliphatic carbocycles. The molecule has 0 bridgehead atoms. The van der Waals surface area contributed by atoms with Crippen molar-refractivity contribution in [2.75, 3.05) is 6.54 Å². The number of aliphatic carboxylic acids is 1. The lowest BCUT2D eigenvalue weighted by Gasteiger charge is -2.23. The van der Waals surface area contributed by atoms with Crippen LogP contribution in [0.25, 0.3) is 0 Å². The highest BCUT2D eigenvalue weighted by Gasteiger charge is 2.27. The van der Waals surface area contributed by atoms with Crippen LogP contribution in [0.2, 0.25) is 0 Å². The van der Waals surface area contributed by atoms with Crippen LogP contribution < -0.4 is 0 Å². The van der Waals surface area contributed by atoms with Crippen LogP contribution in [0.5, 0.6) is 0 Å². The lowest BCUT2D eigenvalue weighted by molar-refractivity contribution is -0.138. The molecule has 1 aromatic rings. The molecule has 18 heavy (non-hydrogen) atoms. The van der Waals surface area contributed by atoms with Gasteiger partial charge in [0.05, 0.1) is 6.42 Å². The van der Waals surface area contributed by atoms with E-state index < -0.39 is 17.6 Å². The molecule has 1 aliphatic rings. The van der Waals surface area contributed by atoms with Crippen molar-refractivity contribution in [2.24, 2.45) is 0 Å². The summed E-state index contributed by atoms with van der Waals surface area (Å²) in [4.78, 5) is 12.6. The van der Waals surface area contributed by atoms with Gasteiger partial charge in [-0.05, 0) is 25.5 Å². The van der Waals surface area contributed by atoms with Gasteiger partial charge in [-0.3, -0.25) is 9.69 Å². The highest BCUT2D eigenvalue weighted by atomic mass is 19.2. The number of carboxylic acid groups (broad SMARTS) is 1. The van der Waals surface area contributed by atoms with E-state index >= 15 is 0 Å². The Morgan fingerprint density at radius 1 is 1.44 bits per heavy atom. The second-order valence-electron chi connectivity index (χ2n) is 4.58. The second-order valence-corrected chi connectivity index (χ2v) is 4.58. The molecule has 1 fully saturated rings. The minimum absolute atomic E-state index is 0.0525. The molecule has 3 nitrogen and oxygen atoms in total. The van der Waals surface area contributed by atoms with Gasteiger partial charge in [-0.1, -0.05) is 12.1 Å². The minimum atomic E-state index is -0.860. The van der Waals surface area contributed by atoms with Crippen molar-refractivity contribution >= 4 is 5.97 Å². The van der Waals surface area contributed by atoms with Gasteiger partial charge in [-0.25, -0.2) is 8.78 Å². The van der Waals surface area contributed by atoms with E-state index in [4.69, 9.17) is 5.11 Å². The van der Waals surface area contributed by atoms with Crippen molar-refractivity contribution in [3.05, 3.63) is 35.4 Å². The van der Waals surface area contributed by atoms with E-state index in [1.165, 1.54) is 12.1 Å². The molecule has 1 unspecified atom stereocenters. The first-order valence-corrected chi connectivity index (χ1v) is 5.96. The van der Waals surface area contributed by atoms with Crippen LogP contribution in [0, 0.1) is 11.6 Å². The van der Waals surface area contributed by atoms with Gasteiger partial charge < -0.3 is 5.11 Å². The Morgan fingerprint density at radius 3 is 2.94 bits per heavy atom. The molecule has 1 heterocycles. The summed E-state index contributed by atoms with van der Waals surface area (Å²) in [6.07, 6.45) is 1.75. The van der Waals surface area contributed by atoms with Crippen molar-refractivity contribution in [2.45, 2.75) is 31.8 Å². The maximum Gasteiger partial charge on any atom is 0.304 e. The number of nitrogens with zero attached hydrogens (tertiary/aromatic N) is 1. The van der Waals surface area contributed by atoms with E-state index in [1.54, 1.807) is 0 Å². The van der Waals surface area contributed by atoms with E-state index in [1.807, 2.05) is 4.90 Å². The van der Waals surface area contributed by atoms with Crippen molar-refractivity contribution in [3.63, 3.8) is 0 Å². The molecule has 1 N–H and O–H groups in total. The SMILES string of the molecule is O=C(O)CC1CCCN1Cc1cccc(F)c1F. The number of likely N-dealkylation sites (tertiary alicyclic amines) is 1. The molecule has 1 aromatic carbocycles. The predicted molar refractivity (Wildman–Crippen MR) is 62.0 cm³/mol. The molecule has 0 amide bonds. The Morgan fingerprint density at radius 2 is 2.22 bits per heavy atom. The molecular weight excluding hydrogens is 240 g/mol. The normalized spacial score (nSPS) is 20.2. The van der Waals surface area contributed by atoms with Crippen LogP contribution in [0.3, 0.4) is 0 Å². The van der Waals surface area contributed by atoms with Gasteiger partial charge in [-0.2, -0.15) is 0 Å². The summed E-state index contributed by atoms with van der Waals surface area (Å²) in [6.45, 7) is 0.995. The average Bonchev–Trinajstić information content (AvgIpc) is 2.72. The number of rotatable bonds is 4. The van der Waals surface area contributed by atoms with E-state index in [0.717, 1.165) is 25.5 Å². The van der Waals surface area contributed by atoms with Crippen molar-refractivity contribution in [1.29, 1.82) is 0 Å². The molecule has 0 spiro atoms. The monoisotopic (exact) mass is 255 g/mol. The summed E-state index contributed by atoms with van der Waals surface area (Å²) in [5.41, 5.74) is 0.285. The van der Waals surface area contributed by atoms with Crippen LogP contribution in [-0.4, -0.2) is 28.6 Å². The number of hydrogen-bond donors (Lipinski definition) is 1. The summed E-state index contributed by atoms with van der Waals surface area (Å²) in [7, 11) is 0. The Kier molecular flexibility index (Phi) is 3.91. The fraction of sp³-hybridized carbons (Fsp3) is 0.462. The van der Waals surface area contributed by atoms with Crippen molar-refractivity contribution in [3.8, 4) is 0 Å². The number of benzene rings is 1. The van der Waals surface area contributed by atoms with Crippen LogP contribution in [0.15, 0.2) is 18.2 Å². The molecule has 1 saturated heterocycles. The highest BCUT2D eigenvalue weighted by molar-refractivity contribution is 5.67. The fourth-order valence-electron chi connectivity index (χ4n) is 2.43. The van der Waals surface area contributed by atoms with Gasteiger partial charge in [-0.15, -0.1) is 0 Å². The first-order chi connectivity index (χ1) is 8.58. The van der Waals surface area contributed by atoms with Crippen LogP contribution in [0.4, 0.5) is 8.78 Å². The van der Waals surface area contributed by atoms with Gasteiger partial charge in [0, 0.05) is 18.2 Å². The summed E-state index contributed by atoms with van der Waals surface area (Å²) < 4.78 is 26.6. The lowest BCUT2D eigenvalue weighted by atomic mass is 10.1. The maximum atomic E-state index is 13.5. The molecule has 0 saturated carbocycles. The van der Waals surface area contributed by atoms with Gasteiger partial charge in [0.1, 0.15) is 0 Å². The molecular formula is C13H15F2NO2. The van der Waals surface area contributed by atoms with E-state index in [0.29, 0.717) is 0 Å². The summed E-state index contributed by atoms with van der Waals surface area (Å²) in [6, 6.07) is 4.01. The fourth-order valence-corrected chi connectivity index (χ4v) is 2.43. The quantitative estimate of drug-likeness (QED) is 0.898. The number of hydrogen-bond acceptors (Lipinski definition) is 2. The lowest BCUT2D eigenvalue weighted by Crippen LogP contribution is -2.31. The molecule has 0 radical (unpaired) electrons. The zero-order valence-corrected chi connectivity index (χ0v) is 9.90. The van der Waals surface area contributed by atoms with E-state index in [9.17, 15) is 13.6 Å². The Hall–Kier alpha value is -1.49. The smallest absolute Gasteiger partial charge is 0.304 e. The Labute approximate surface area is 104 Å². The third-order valence-electron chi connectivity index (χ3n) is 3.31. The standard InChI is InChI=1S/C13H15F2NO2/c14-11-5-1-3-9(13(11)15)8-16-6-2-4-10(16)7-12(17)18/h1,3,5,10H,2,4,6-8H2,(H,17,18). The molecule has 0 aromatic heterocycles. The van der Waals surface area contributed by atoms with Crippen LogP contribution in [0.1, 0.15) is 24.8 Å². The zero-order valence-electron chi connectivity index (χ0n) is 9.90. The van der Waals surface area contributed by atoms with Crippen molar-refractivity contribution in [1.82, 2.24) is 4.90 Å². The predicted octanol–water partition coefficient (Wildman–Crippen LogP) is 2.40. The first-order valence-electron chi connectivity index (χ1n) is 5.96. The van der Waals surface area contributed by atoms with Crippen LogP contribution in [-0.2, 0) is 11.3 Å². The van der Waals surface area contributed by atoms with E-state index in [2.05, 4.69) is 0 Å². The van der Waals surface area contributed by atoms with Crippen LogP contribution >= 0.6 is 0 Å². The van der Waals surface area contributed by atoms with E-state index in [-0.39, 0.29) is 24.6 Å². The Bertz CT molecular complexity index is 451. The second kappa shape index (κ2) is 5.44. The van der Waals surface area contributed by atoms with Gasteiger partial charge in [0.25, 0.3) is 0 Å².